The Balaban J connectivity index is 1.66. The molecule has 7 nitrogen and oxygen atoms in total. The molecule has 0 atom stereocenters. The molecule has 7 heteroatoms. The van der Waals surface area contributed by atoms with Gasteiger partial charge in [-0.15, -0.1) is 0 Å². The lowest BCUT2D eigenvalue weighted by Crippen LogP contribution is -2.49. The smallest absolute Gasteiger partial charge is 0.233 e. The first-order chi connectivity index (χ1) is 9.79. The van der Waals surface area contributed by atoms with Crippen LogP contribution >= 0.6 is 0 Å². The van der Waals surface area contributed by atoms with E-state index in [4.69, 9.17) is 0 Å². The molecule has 1 aromatic heterocycles. The van der Waals surface area contributed by atoms with Gasteiger partial charge in [0.25, 0.3) is 0 Å². The van der Waals surface area contributed by atoms with E-state index < -0.39 is 0 Å². The quantitative estimate of drug-likeness (QED) is 0.691. The molecular formula is C13H22N6O. The standard InChI is InChI=1S/C13H22N6O/c1-14-11-12(20)15-5-6-18-7-9-19(10-8-18)13-16-3-2-4-17-13/h2-4,14H,5-11H2,1H3,(H,15,20). The lowest BCUT2D eigenvalue weighted by molar-refractivity contribution is -0.120. The van der Waals surface area contributed by atoms with Crippen LogP contribution in [0, 0.1) is 0 Å². The first-order valence-electron chi connectivity index (χ1n) is 6.95. The second-order valence-electron chi connectivity index (χ2n) is 4.76. The van der Waals surface area contributed by atoms with Crippen molar-refractivity contribution in [2.24, 2.45) is 0 Å². The van der Waals surface area contributed by atoms with Crippen molar-refractivity contribution < 1.29 is 4.79 Å². The van der Waals surface area contributed by atoms with Crippen LogP contribution in [0.15, 0.2) is 18.5 Å². The topological polar surface area (TPSA) is 73.4 Å². The summed E-state index contributed by atoms with van der Waals surface area (Å²) in [6.07, 6.45) is 3.54. The fourth-order valence-electron chi connectivity index (χ4n) is 2.20. The largest absolute Gasteiger partial charge is 0.354 e. The molecule has 1 fully saturated rings. The van der Waals surface area contributed by atoms with Crippen molar-refractivity contribution in [2.45, 2.75) is 0 Å². The summed E-state index contributed by atoms with van der Waals surface area (Å²) in [5.41, 5.74) is 0. The van der Waals surface area contributed by atoms with E-state index in [1.807, 2.05) is 6.07 Å². The highest BCUT2D eigenvalue weighted by Crippen LogP contribution is 2.08. The summed E-state index contributed by atoms with van der Waals surface area (Å²) in [5, 5.41) is 5.73. The average Bonchev–Trinajstić information content (AvgIpc) is 2.49. The molecule has 0 saturated carbocycles. The van der Waals surface area contributed by atoms with Crippen LogP contribution in [0.5, 0.6) is 0 Å². The van der Waals surface area contributed by atoms with Gasteiger partial charge in [-0.05, 0) is 13.1 Å². The van der Waals surface area contributed by atoms with Crippen molar-refractivity contribution in [2.75, 3.05) is 57.8 Å². The van der Waals surface area contributed by atoms with E-state index in [9.17, 15) is 4.79 Å². The first-order valence-corrected chi connectivity index (χ1v) is 6.95. The first kappa shape index (κ1) is 14.7. The second-order valence-corrected chi connectivity index (χ2v) is 4.76. The molecule has 1 aromatic rings. The molecule has 110 valence electrons. The summed E-state index contributed by atoms with van der Waals surface area (Å²) < 4.78 is 0. The van der Waals surface area contributed by atoms with E-state index in [0.29, 0.717) is 13.1 Å². The predicted octanol–water partition coefficient (Wildman–Crippen LogP) is -1.07. The molecule has 2 rings (SSSR count). The number of carbonyl (C=O) groups is 1. The summed E-state index contributed by atoms with van der Waals surface area (Å²) in [6.45, 7) is 5.75. The molecule has 0 spiro atoms. The highest BCUT2D eigenvalue weighted by Gasteiger charge is 2.18. The van der Waals surface area contributed by atoms with Gasteiger partial charge in [0, 0.05) is 51.7 Å². The molecule has 2 heterocycles. The van der Waals surface area contributed by atoms with Crippen LogP contribution in [0.1, 0.15) is 0 Å². The van der Waals surface area contributed by atoms with E-state index in [1.54, 1.807) is 19.4 Å². The number of hydrogen-bond acceptors (Lipinski definition) is 6. The van der Waals surface area contributed by atoms with Crippen molar-refractivity contribution in [1.82, 2.24) is 25.5 Å². The van der Waals surface area contributed by atoms with Gasteiger partial charge in [-0.3, -0.25) is 9.69 Å². The van der Waals surface area contributed by atoms with Gasteiger partial charge in [-0.1, -0.05) is 0 Å². The number of piperazine rings is 1. The average molecular weight is 278 g/mol. The Morgan fingerprint density at radius 3 is 2.60 bits per heavy atom. The Morgan fingerprint density at radius 2 is 1.95 bits per heavy atom. The van der Waals surface area contributed by atoms with Crippen molar-refractivity contribution in [1.29, 1.82) is 0 Å². The van der Waals surface area contributed by atoms with Crippen LogP contribution in [0.25, 0.3) is 0 Å². The minimum atomic E-state index is 0.0452. The third-order valence-electron chi connectivity index (χ3n) is 3.29. The predicted molar refractivity (Wildman–Crippen MR) is 77.6 cm³/mol. The SMILES string of the molecule is CNCC(=O)NCCN1CCN(c2ncccn2)CC1. The molecular weight excluding hydrogens is 256 g/mol. The minimum Gasteiger partial charge on any atom is -0.354 e. The maximum atomic E-state index is 11.3. The van der Waals surface area contributed by atoms with Crippen molar-refractivity contribution in [3.05, 3.63) is 18.5 Å². The molecule has 20 heavy (non-hydrogen) atoms. The van der Waals surface area contributed by atoms with Crippen LogP contribution in [-0.4, -0.2) is 73.6 Å². The third-order valence-corrected chi connectivity index (χ3v) is 3.29. The molecule has 1 saturated heterocycles. The van der Waals surface area contributed by atoms with E-state index in [-0.39, 0.29) is 5.91 Å². The number of amides is 1. The fraction of sp³-hybridized carbons (Fsp3) is 0.615. The van der Waals surface area contributed by atoms with Gasteiger partial charge in [0.2, 0.25) is 11.9 Å². The number of anilines is 1. The Kier molecular flexibility index (Phi) is 5.69. The van der Waals surface area contributed by atoms with Gasteiger partial charge < -0.3 is 15.5 Å². The molecule has 0 unspecified atom stereocenters. The number of nitrogens with one attached hydrogen (secondary N) is 2. The van der Waals surface area contributed by atoms with E-state index in [2.05, 4.69) is 30.4 Å². The molecule has 1 amide bonds. The maximum Gasteiger partial charge on any atom is 0.233 e. The lowest BCUT2D eigenvalue weighted by Gasteiger charge is -2.34. The van der Waals surface area contributed by atoms with E-state index in [0.717, 1.165) is 38.7 Å². The summed E-state index contributed by atoms with van der Waals surface area (Å²) in [5.74, 6) is 0.846. The van der Waals surface area contributed by atoms with Crippen LogP contribution in [0.4, 0.5) is 5.95 Å². The second kappa shape index (κ2) is 7.76. The molecule has 1 aliphatic rings. The monoisotopic (exact) mass is 278 g/mol. The highest BCUT2D eigenvalue weighted by molar-refractivity contribution is 5.77. The Labute approximate surface area is 119 Å². The number of rotatable bonds is 6. The maximum absolute atomic E-state index is 11.3. The minimum absolute atomic E-state index is 0.0452. The lowest BCUT2D eigenvalue weighted by atomic mass is 10.3. The third kappa shape index (κ3) is 4.43. The summed E-state index contributed by atoms with van der Waals surface area (Å²) in [6, 6.07) is 1.83. The molecule has 0 aliphatic carbocycles. The van der Waals surface area contributed by atoms with Gasteiger partial charge in [0.15, 0.2) is 0 Å². The number of hydrogen-bond donors (Lipinski definition) is 2. The van der Waals surface area contributed by atoms with Gasteiger partial charge in [0.1, 0.15) is 0 Å². The number of carbonyl (C=O) groups excluding carboxylic acids is 1. The van der Waals surface area contributed by atoms with Crippen molar-refractivity contribution >= 4 is 11.9 Å². The molecule has 2 N–H and O–H groups in total. The molecule has 0 bridgehead atoms. The number of likely N-dealkylation sites (N-methyl/N-ethyl adjacent to an activating group) is 1. The van der Waals surface area contributed by atoms with Gasteiger partial charge in [0.05, 0.1) is 6.54 Å². The zero-order valence-corrected chi connectivity index (χ0v) is 11.9. The van der Waals surface area contributed by atoms with Gasteiger partial charge >= 0.3 is 0 Å². The van der Waals surface area contributed by atoms with Gasteiger partial charge in [-0.25, -0.2) is 9.97 Å². The molecule has 0 aromatic carbocycles. The van der Waals surface area contributed by atoms with Crippen molar-refractivity contribution in [3.8, 4) is 0 Å². The summed E-state index contributed by atoms with van der Waals surface area (Å²) in [4.78, 5) is 24.4. The number of nitrogens with zero attached hydrogens (tertiary/aromatic N) is 4. The highest BCUT2D eigenvalue weighted by atomic mass is 16.1. The molecule has 1 aliphatic heterocycles. The summed E-state index contributed by atoms with van der Waals surface area (Å²) in [7, 11) is 1.77. The van der Waals surface area contributed by atoms with Crippen LogP contribution in [0.2, 0.25) is 0 Å². The van der Waals surface area contributed by atoms with E-state index in [1.165, 1.54) is 0 Å². The number of aromatic nitrogens is 2. The Morgan fingerprint density at radius 1 is 1.25 bits per heavy atom. The zero-order chi connectivity index (χ0) is 14.2. The van der Waals surface area contributed by atoms with Crippen LogP contribution in [-0.2, 0) is 4.79 Å². The normalized spacial score (nSPS) is 16.1. The molecule has 0 radical (unpaired) electrons. The Hall–Kier alpha value is -1.73. The van der Waals surface area contributed by atoms with Crippen LogP contribution in [0.3, 0.4) is 0 Å². The fourth-order valence-corrected chi connectivity index (χ4v) is 2.20. The Bertz CT molecular complexity index is 405. The van der Waals surface area contributed by atoms with Gasteiger partial charge in [-0.2, -0.15) is 0 Å². The van der Waals surface area contributed by atoms with Crippen molar-refractivity contribution in [3.63, 3.8) is 0 Å². The summed E-state index contributed by atoms with van der Waals surface area (Å²) >= 11 is 0. The van der Waals surface area contributed by atoms with Crippen LogP contribution < -0.4 is 15.5 Å². The van der Waals surface area contributed by atoms with E-state index >= 15 is 0 Å². The zero-order valence-electron chi connectivity index (χ0n) is 11.9.